The number of amides is 1. The van der Waals surface area contributed by atoms with E-state index in [2.05, 4.69) is 60.7 Å². The van der Waals surface area contributed by atoms with Gasteiger partial charge in [0.1, 0.15) is 12.6 Å². The summed E-state index contributed by atoms with van der Waals surface area (Å²) in [7, 11) is 0. The molecular weight excluding hydrogens is 639 g/mol. The van der Waals surface area contributed by atoms with Crippen LogP contribution in [0.3, 0.4) is 0 Å². The predicted octanol–water partition coefficient (Wildman–Crippen LogP) is 9.62. The molecule has 6 aromatic carbocycles. The van der Waals surface area contributed by atoms with Crippen molar-refractivity contribution < 1.29 is 19.4 Å². The van der Waals surface area contributed by atoms with Gasteiger partial charge in [-0.15, -0.1) is 11.8 Å². The van der Waals surface area contributed by atoms with Crippen molar-refractivity contribution in [3.63, 3.8) is 0 Å². The number of benzene rings is 6. The zero-order valence-electron chi connectivity index (χ0n) is 27.5. The quantitative estimate of drug-likeness (QED) is 0.131. The molecule has 0 radical (unpaired) electrons. The molecule has 0 spiro atoms. The Morgan fingerprint density at radius 3 is 1.50 bits per heavy atom. The maximum Gasteiger partial charge on any atom is 0.410 e. The number of rotatable bonds is 12. The first kappa shape index (κ1) is 32.9. The van der Waals surface area contributed by atoms with Gasteiger partial charge in [-0.1, -0.05) is 170 Å². The number of carboxylic acid groups (broad SMARTS) is 1. The van der Waals surface area contributed by atoms with Crippen LogP contribution in [0.25, 0.3) is 11.1 Å². The van der Waals surface area contributed by atoms with Crippen molar-refractivity contribution in [2.45, 2.75) is 23.3 Å². The third-order valence-corrected chi connectivity index (χ3v) is 11.0. The van der Waals surface area contributed by atoms with E-state index in [4.69, 9.17) is 4.74 Å². The third kappa shape index (κ3) is 6.55. The van der Waals surface area contributed by atoms with E-state index >= 15 is 0 Å². The van der Waals surface area contributed by atoms with E-state index in [1.165, 1.54) is 16.7 Å². The number of hydrogen-bond acceptors (Lipinski definition) is 4. The van der Waals surface area contributed by atoms with Gasteiger partial charge >= 0.3 is 12.1 Å². The Kier molecular flexibility index (Phi) is 9.81. The molecule has 6 heteroatoms. The Labute approximate surface area is 297 Å². The summed E-state index contributed by atoms with van der Waals surface area (Å²) in [6.07, 6.45) is -0.659. The molecule has 1 atom stereocenters. The number of ether oxygens (including phenoxy) is 1. The average molecular weight is 676 g/mol. The van der Waals surface area contributed by atoms with E-state index in [9.17, 15) is 14.7 Å². The molecule has 0 aliphatic heterocycles. The summed E-state index contributed by atoms with van der Waals surface area (Å²) in [5.74, 6) is -1.14. The van der Waals surface area contributed by atoms with Crippen molar-refractivity contribution >= 4 is 23.8 Å². The summed E-state index contributed by atoms with van der Waals surface area (Å²) in [5.41, 5.74) is 8.32. The van der Waals surface area contributed by atoms with Crippen molar-refractivity contribution in [3.8, 4) is 11.1 Å². The van der Waals surface area contributed by atoms with Gasteiger partial charge in [0.2, 0.25) is 0 Å². The number of fused-ring (bicyclic) bond motifs is 3. The lowest BCUT2D eigenvalue weighted by molar-refractivity contribution is -0.142. The number of carbonyl (C=O) groups is 2. The Bertz CT molecular complexity index is 1910. The SMILES string of the molecule is O=C(O)[C@H](CSC(c1ccccc1)(c1ccccc1)c1ccccc1)N(Cc1ccccc1)C(=O)OCC1c2ccccc2-c2ccccc21. The zero-order valence-corrected chi connectivity index (χ0v) is 28.3. The highest BCUT2D eigenvalue weighted by atomic mass is 32.2. The first-order chi connectivity index (χ1) is 24.6. The molecule has 1 amide bonds. The summed E-state index contributed by atoms with van der Waals surface area (Å²) in [5, 5.41) is 10.9. The molecule has 50 heavy (non-hydrogen) atoms. The molecule has 0 fully saturated rings. The minimum atomic E-state index is -1.19. The molecule has 0 bridgehead atoms. The van der Waals surface area contributed by atoms with Crippen LogP contribution >= 0.6 is 11.8 Å². The molecule has 0 aromatic heterocycles. The monoisotopic (exact) mass is 675 g/mol. The van der Waals surface area contributed by atoms with E-state index in [0.717, 1.165) is 44.5 Å². The maximum atomic E-state index is 14.2. The second-order valence-electron chi connectivity index (χ2n) is 12.4. The van der Waals surface area contributed by atoms with Crippen LogP contribution in [0.2, 0.25) is 0 Å². The number of nitrogens with zero attached hydrogens (tertiary/aromatic N) is 1. The standard InChI is InChI=1S/C44H37NO4S/c46-42(47)41(31-50-44(33-19-7-2-8-20-33,34-21-9-3-10-22-34)35-23-11-4-12-24-35)45(29-32-17-5-1-6-18-32)43(48)49-30-40-38-27-15-13-25-36(38)37-26-14-16-28-39(37)40/h1-28,40-41H,29-31H2,(H,46,47)/t41-/m0/s1. The molecule has 5 nitrogen and oxygen atoms in total. The Morgan fingerprint density at radius 2 is 1.04 bits per heavy atom. The summed E-state index contributed by atoms with van der Waals surface area (Å²) in [6.45, 7) is 0.184. The molecule has 1 aliphatic rings. The third-order valence-electron chi connectivity index (χ3n) is 9.43. The van der Waals surface area contributed by atoms with Crippen molar-refractivity contribution in [2.24, 2.45) is 0 Å². The Morgan fingerprint density at radius 1 is 0.620 bits per heavy atom. The van der Waals surface area contributed by atoms with Crippen LogP contribution in [-0.2, 0) is 20.8 Å². The number of carboxylic acids is 1. The highest BCUT2D eigenvalue weighted by molar-refractivity contribution is 8.00. The van der Waals surface area contributed by atoms with Gasteiger partial charge in [-0.05, 0) is 44.5 Å². The molecular formula is C44H37NO4S. The lowest BCUT2D eigenvalue weighted by atomic mass is 9.84. The molecule has 1 aliphatic carbocycles. The van der Waals surface area contributed by atoms with Crippen LogP contribution in [0.5, 0.6) is 0 Å². The van der Waals surface area contributed by atoms with Gasteiger partial charge in [0, 0.05) is 18.2 Å². The van der Waals surface area contributed by atoms with Crippen molar-refractivity contribution in [1.82, 2.24) is 4.90 Å². The fourth-order valence-electron chi connectivity index (χ4n) is 7.03. The van der Waals surface area contributed by atoms with Gasteiger partial charge in [-0.2, -0.15) is 0 Å². The molecule has 0 unspecified atom stereocenters. The number of aliphatic carboxylic acids is 1. The fraction of sp³-hybridized carbons (Fsp3) is 0.136. The highest BCUT2D eigenvalue weighted by Gasteiger charge is 2.41. The normalized spacial score (nSPS) is 12.8. The van der Waals surface area contributed by atoms with Crippen LogP contribution < -0.4 is 0 Å². The molecule has 0 saturated heterocycles. The average Bonchev–Trinajstić information content (AvgIpc) is 3.50. The molecule has 7 rings (SSSR count). The van der Waals surface area contributed by atoms with Gasteiger partial charge in [0.15, 0.2) is 0 Å². The highest BCUT2D eigenvalue weighted by Crippen LogP contribution is 2.49. The van der Waals surface area contributed by atoms with Gasteiger partial charge in [0.05, 0.1) is 4.75 Å². The number of hydrogen-bond donors (Lipinski definition) is 1. The molecule has 1 N–H and O–H groups in total. The van der Waals surface area contributed by atoms with Gasteiger partial charge in [-0.3, -0.25) is 4.90 Å². The van der Waals surface area contributed by atoms with E-state index in [1.807, 2.05) is 109 Å². The van der Waals surface area contributed by atoms with Crippen LogP contribution in [0.15, 0.2) is 170 Å². The van der Waals surface area contributed by atoms with E-state index in [-0.39, 0.29) is 24.8 Å². The first-order valence-corrected chi connectivity index (χ1v) is 17.7. The van der Waals surface area contributed by atoms with Crippen molar-refractivity contribution in [2.75, 3.05) is 12.4 Å². The lowest BCUT2D eigenvalue weighted by Gasteiger charge is -2.37. The lowest BCUT2D eigenvalue weighted by Crippen LogP contribution is -2.47. The number of carbonyl (C=O) groups excluding carboxylic acids is 1. The Balaban J connectivity index is 1.23. The smallest absolute Gasteiger partial charge is 0.410 e. The van der Waals surface area contributed by atoms with E-state index in [0.29, 0.717) is 0 Å². The van der Waals surface area contributed by atoms with Gasteiger partial charge in [-0.25, -0.2) is 9.59 Å². The van der Waals surface area contributed by atoms with Crippen LogP contribution in [0, 0.1) is 0 Å². The summed E-state index contributed by atoms with van der Waals surface area (Å²) in [4.78, 5) is 28.9. The second-order valence-corrected chi connectivity index (χ2v) is 13.6. The van der Waals surface area contributed by atoms with Crippen LogP contribution in [0.4, 0.5) is 4.79 Å². The van der Waals surface area contributed by atoms with Crippen molar-refractivity contribution in [1.29, 1.82) is 0 Å². The van der Waals surface area contributed by atoms with Crippen LogP contribution in [0.1, 0.15) is 39.3 Å². The zero-order chi connectivity index (χ0) is 34.3. The summed E-state index contributed by atoms with van der Waals surface area (Å²) in [6, 6.07) is 55.1. The van der Waals surface area contributed by atoms with E-state index < -0.39 is 22.9 Å². The van der Waals surface area contributed by atoms with Gasteiger partial charge in [0.25, 0.3) is 0 Å². The number of thioether (sulfide) groups is 1. The minimum absolute atomic E-state index is 0.0874. The molecule has 0 saturated carbocycles. The molecule has 248 valence electrons. The van der Waals surface area contributed by atoms with Gasteiger partial charge < -0.3 is 9.84 Å². The van der Waals surface area contributed by atoms with E-state index in [1.54, 1.807) is 0 Å². The topological polar surface area (TPSA) is 66.8 Å². The molecule has 6 aromatic rings. The predicted molar refractivity (Wildman–Crippen MR) is 200 cm³/mol. The largest absolute Gasteiger partial charge is 0.480 e. The second kappa shape index (κ2) is 14.9. The summed E-state index contributed by atoms with van der Waals surface area (Å²) >= 11 is 1.52. The minimum Gasteiger partial charge on any atom is -0.480 e. The Hall–Kier alpha value is -5.59. The first-order valence-electron chi connectivity index (χ1n) is 16.7. The van der Waals surface area contributed by atoms with Crippen molar-refractivity contribution in [3.05, 3.63) is 203 Å². The molecule has 0 heterocycles. The van der Waals surface area contributed by atoms with Crippen LogP contribution in [-0.4, -0.2) is 40.5 Å². The summed E-state index contributed by atoms with van der Waals surface area (Å²) < 4.78 is 5.35. The fourth-order valence-corrected chi connectivity index (χ4v) is 8.66. The maximum absolute atomic E-state index is 14.2.